The first-order chi connectivity index (χ1) is 19.6. The number of anilines is 1. The Balaban J connectivity index is 1.92. The topological polar surface area (TPSA) is 86.8 Å². The van der Waals surface area contributed by atoms with Crippen molar-refractivity contribution in [2.75, 3.05) is 17.1 Å². The van der Waals surface area contributed by atoms with Crippen molar-refractivity contribution in [2.45, 2.75) is 72.0 Å². The highest BCUT2D eigenvalue weighted by Crippen LogP contribution is 2.27. The molecular weight excluding hydrogens is 570 g/mol. The van der Waals surface area contributed by atoms with Crippen molar-refractivity contribution in [1.82, 2.24) is 10.2 Å². The third-order valence-electron chi connectivity index (χ3n) is 6.80. The maximum absolute atomic E-state index is 14.0. The van der Waals surface area contributed by atoms with E-state index < -0.39 is 21.6 Å². The third kappa shape index (κ3) is 9.88. The molecule has 2 amide bonds. The van der Waals surface area contributed by atoms with E-state index in [0.717, 1.165) is 28.5 Å². The highest BCUT2D eigenvalue weighted by Gasteiger charge is 2.32. The number of aryl methyl sites for hydroxylation is 2. The van der Waals surface area contributed by atoms with Gasteiger partial charge >= 0.3 is 0 Å². The van der Waals surface area contributed by atoms with Gasteiger partial charge < -0.3 is 10.2 Å². The lowest BCUT2D eigenvalue weighted by molar-refractivity contribution is -0.142. The highest BCUT2D eigenvalue weighted by molar-refractivity contribution is 7.92. The number of sulfonamides is 1. The monoisotopic (exact) mass is 611 g/mol. The molecule has 1 unspecified atom stereocenters. The number of hydrogen-bond acceptors (Lipinski definition) is 4. The average Bonchev–Trinajstić information content (AvgIpc) is 2.89. The lowest BCUT2D eigenvalue weighted by Gasteiger charge is -2.34. The van der Waals surface area contributed by atoms with E-state index in [-0.39, 0.29) is 37.7 Å². The number of hydrogen-bond donors (Lipinski definition) is 1. The quantitative estimate of drug-likeness (QED) is 0.270. The molecule has 0 fully saturated rings. The van der Waals surface area contributed by atoms with Gasteiger partial charge in [-0.1, -0.05) is 77.8 Å². The van der Waals surface area contributed by atoms with E-state index in [1.807, 2.05) is 89.2 Å². The summed E-state index contributed by atoms with van der Waals surface area (Å²) >= 11 is 6.18. The molecule has 1 atom stereocenters. The minimum Gasteiger partial charge on any atom is -0.350 e. The average molecular weight is 612 g/mol. The zero-order valence-electron chi connectivity index (χ0n) is 25.4. The summed E-state index contributed by atoms with van der Waals surface area (Å²) in [6.07, 6.45) is 1.82. The van der Waals surface area contributed by atoms with Crippen LogP contribution < -0.4 is 9.62 Å². The lowest BCUT2D eigenvalue weighted by atomic mass is 10.00. The summed E-state index contributed by atoms with van der Waals surface area (Å²) in [5.41, 5.74) is 3.67. The Hall–Kier alpha value is -3.36. The number of halogens is 1. The van der Waals surface area contributed by atoms with E-state index in [1.165, 1.54) is 4.31 Å². The van der Waals surface area contributed by atoms with Crippen molar-refractivity contribution in [3.8, 4) is 0 Å². The van der Waals surface area contributed by atoms with Crippen LogP contribution in [-0.4, -0.2) is 49.5 Å². The minimum absolute atomic E-state index is 0.0610. The van der Waals surface area contributed by atoms with Crippen LogP contribution in [0.1, 0.15) is 55.9 Å². The van der Waals surface area contributed by atoms with Crippen LogP contribution in [0.2, 0.25) is 5.02 Å². The molecule has 9 heteroatoms. The first-order valence-corrected chi connectivity index (χ1v) is 16.3. The predicted molar refractivity (Wildman–Crippen MR) is 171 cm³/mol. The maximum Gasteiger partial charge on any atom is 0.243 e. The Kier molecular flexibility index (Phi) is 11.2. The number of carbonyl (C=O) groups excluding carboxylic acids is 2. The van der Waals surface area contributed by atoms with Gasteiger partial charge in [0, 0.05) is 36.5 Å². The summed E-state index contributed by atoms with van der Waals surface area (Å²) in [6.45, 7) is 9.89. The number of rotatable bonds is 12. The normalized spacial score (nSPS) is 12.5. The molecule has 7 nitrogen and oxygen atoms in total. The van der Waals surface area contributed by atoms with Crippen LogP contribution in [0.4, 0.5) is 5.69 Å². The van der Waals surface area contributed by atoms with Crippen LogP contribution in [0.5, 0.6) is 0 Å². The van der Waals surface area contributed by atoms with Crippen LogP contribution in [0, 0.1) is 13.8 Å². The molecule has 0 aromatic heterocycles. The molecule has 0 aliphatic rings. The maximum atomic E-state index is 14.0. The van der Waals surface area contributed by atoms with Gasteiger partial charge in [0.15, 0.2) is 0 Å². The first kappa shape index (κ1) is 33.1. The molecular formula is C33H42ClN3O4S. The van der Waals surface area contributed by atoms with Crippen molar-refractivity contribution >= 4 is 39.1 Å². The summed E-state index contributed by atoms with van der Waals surface area (Å²) < 4.78 is 26.8. The Bertz CT molecular complexity index is 1490. The van der Waals surface area contributed by atoms with Gasteiger partial charge in [0.05, 0.1) is 11.9 Å². The summed E-state index contributed by atoms with van der Waals surface area (Å²) in [5.74, 6) is -0.461. The van der Waals surface area contributed by atoms with Crippen molar-refractivity contribution in [1.29, 1.82) is 0 Å². The van der Waals surface area contributed by atoms with Gasteiger partial charge in [-0.15, -0.1) is 0 Å². The van der Waals surface area contributed by atoms with Crippen LogP contribution in [0.15, 0.2) is 72.8 Å². The van der Waals surface area contributed by atoms with E-state index in [9.17, 15) is 18.0 Å². The molecule has 226 valence electrons. The zero-order chi connectivity index (χ0) is 31.1. The molecule has 0 bridgehead atoms. The summed E-state index contributed by atoms with van der Waals surface area (Å²) in [5, 5.41) is 3.50. The Morgan fingerprint density at radius 1 is 0.929 bits per heavy atom. The van der Waals surface area contributed by atoms with Gasteiger partial charge in [0.1, 0.15) is 6.04 Å². The highest BCUT2D eigenvalue weighted by atomic mass is 35.5. The predicted octanol–water partition coefficient (Wildman–Crippen LogP) is 6.06. The third-order valence-corrected chi connectivity index (χ3v) is 8.21. The van der Waals surface area contributed by atoms with Crippen molar-refractivity contribution < 1.29 is 18.0 Å². The van der Waals surface area contributed by atoms with E-state index in [0.29, 0.717) is 17.1 Å². The van der Waals surface area contributed by atoms with Crippen molar-refractivity contribution in [3.63, 3.8) is 0 Å². The van der Waals surface area contributed by atoms with Gasteiger partial charge in [0.2, 0.25) is 21.8 Å². The fourth-order valence-corrected chi connectivity index (χ4v) is 6.03. The van der Waals surface area contributed by atoms with E-state index in [2.05, 4.69) is 5.32 Å². The summed E-state index contributed by atoms with van der Waals surface area (Å²) in [7, 11) is -3.63. The second-order valence-electron chi connectivity index (χ2n) is 11.8. The van der Waals surface area contributed by atoms with Gasteiger partial charge in [-0.3, -0.25) is 13.9 Å². The second-order valence-corrected chi connectivity index (χ2v) is 14.2. The molecule has 0 aliphatic carbocycles. The summed E-state index contributed by atoms with van der Waals surface area (Å²) in [4.78, 5) is 29.3. The van der Waals surface area contributed by atoms with Crippen molar-refractivity contribution in [2.24, 2.45) is 0 Å². The van der Waals surface area contributed by atoms with Gasteiger partial charge in [-0.05, 0) is 69.9 Å². The molecule has 0 spiro atoms. The Morgan fingerprint density at radius 3 is 2.21 bits per heavy atom. The fourth-order valence-electron chi connectivity index (χ4n) is 4.85. The van der Waals surface area contributed by atoms with Gasteiger partial charge in [-0.25, -0.2) is 8.42 Å². The van der Waals surface area contributed by atoms with Crippen LogP contribution in [0.3, 0.4) is 0 Å². The van der Waals surface area contributed by atoms with Crippen LogP contribution in [-0.2, 0) is 32.6 Å². The minimum atomic E-state index is -3.63. The first-order valence-electron chi connectivity index (χ1n) is 14.1. The fraction of sp³-hybridized carbons (Fsp3) is 0.394. The molecule has 0 heterocycles. The Morgan fingerprint density at radius 2 is 1.60 bits per heavy atom. The number of carbonyl (C=O) groups is 2. The Labute approximate surface area is 255 Å². The molecule has 0 radical (unpaired) electrons. The van der Waals surface area contributed by atoms with Crippen LogP contribution >= 0.6 is 11.6 Å². The molecule has 0 aliphatic heterocycles. The number of nitrogens with one attached hydrogen (secondary N) is 1. The van der Waals surface area contributed by atoms with E-state index in [4.69, 9.17) is 11.6 Å². The number of amides is 2. The smallest absolute Gasteiger partial charge is 0.243 e. The molecule has 0 saturated carbocycles. The van der Waals surface area contributed by atoms with Crippen LogP contribution in [0.25, 0.3) is 0 Å². The summed E-state index contributed by atoms with van der Waals surface area (Å²) in [6, 6.07) is 21.9. The molecule has 0 saturated heterocycles. The van der Waals surface area contributed by atoms with E-state index >= 15 is 0 Å². The largest absolute Gasteiger partial charge is 0.350 e. The molecule has 3 rings (SSSR count). The van der Waals surface area contributed by atoms with Crippen molar-refractivity contribution in [3.05, 3.63) is 100 Å². The SMILES string of the molecule is Cc1cccc(CN(C(=O)CCCN(c2cc(Cl)ccc2C)S(C)(=O)=O)C(Cc2ccccc2)C(=O)NC(C)(C)C)c1. The molecule has 42 heavy (non-hydrogen) atoms. The molecule has 3 aromatic carbocycles. The second kappa shape index (κ2) is 14.2. The van der Waals surface area contributed by atoms with Gasteiger partial charge in [0.25, 0.3) is 0 Å². The number of nitrogens with zero attached hydrogens (tertiary/aromatic N) is 2. The van der Waals surface area contributed by atoms with Gasteiger partial charge in [-0.2, -0.15) is 0 Å². The number of benzene rings is 3. The standard InChI is InChI=1S/C33H42ClN3O4S/c1-24-12-10-15-27(20-24)23-36(30(32(39)35-33(3,4)5)21-26-13-8-7-9-14-26)31(38)16-11-19-37(42(6,40)41)29-22-28(34)18-17-25(29)2/h7-10,12-15,17-18,20,22,30H,11,16,19,21,23H2,1-6H3,(H,35,39). The lowest BCUT2D eigenvalue weighted by Crippen LogP contribution is -2.54. The molecule has 1 N–H and O–H groups in total. The zero-order valence-corrected chi connectivity index (χ0v) is 26.9. The van der Waals surface area contributed by atoms with E-state index in [1.54, 1.807) is 23.1 Å². The molecule has 3 aromatic rings.